The third-order valence-electron chi connectivity index (χ3n) is 2.94. The molecule has 0 radical (unpaired) electrons. The number of ether oxygens (including phenoxy) is 3. The molecule has 0 aliphatic heterocycles. The molecule has 0 aromatic heterocycles. The van der Waals surface area contributed by atoms with Gasteiger partial charge in [0.15, 0.2) is 0 Å². The van der Waals surface area contributed by atoms with Crippen LogP contribution in [0, 0.1) is 0 Å². The fourth-order valence-electron chi connectivity index (χ4n) is 1.84. The number of methoxy groups -OCH3 is 2. The Morgan fingerprint density at radius 3 is 2.29 bits per heavy atom. The summed E-state index contributed by atoms with van der Waals surface area (Å²) in [6.07, 6.45) is 0.981. The van der Waals surface area contributed by atoms with E-state index in [1.165, 1.54) is 4.90 Å². The standard InChI is InChI=1S/C17H20O3S/c1-18-14-8-10-15(11-9-14)20-12-5-13-21-17-7-4-3-6-16(17)19-2/h3-4,6-11H,5,12-13H2,1-2H3. The molecule has 0 saturated heterocycles. The maximum Gasteiger partial charge on any atom is 0.132 e. The Kier molecular flexibility index (Phi) is 6.28. The monoisotopic (exact) mass is 304 g/mol. The van der Waals surface area contributed by atoms with Gasteiger partial charge >= 0.3 is 0 Å². The molecule has 0 unspecified atom stereocenters. The summed E-state index contributed by atoms with van der Waals surface area (Å²) in [5, 5.41) is 0. The van der Waals surface area contributed by atoms with Gasteiger partial charge in [-0.2, -0.15) is 0 Å². The number of para-hydroxylation sites is 1. The summed E-state index contributed by atoms with van der Waals surface area (Å²) in [5.41, 5.74) is 0. The van der Waals surface area contributed by atoms with Gasteiger partial charge in [0.1, 0.15) is 17.2 Å². The van der Waals surface area contributed by atoms with Crippen LogP contribution < -0.4 is 14.2 Å². The Morgan fingerprint density at radius 1 is 0.857 bits per heavy atom. The summed E-state index contributed by atoms with van der Waals surface area (Å²) in [6, 6.07) is 15.7. The lowest BCUT2D eigenvalue weighted by Crippen LogP contribution is -1.98. The van der Waals surface area contributed by atoms with Crippen LogP contribution in [0.25, 0.3) is 0 Å². The van der Waals surface area contributed by atoms with Crippen LogP contribution >= 0.6 is 11.8 Å². The second-order valence-corrected chi connectivity index (χ2v) is 5.51. The summed E-state index contributed by atoms with van der Waals surface area (Å²) < 4.78 is 16.1. The van der Waals surface area contributed by atoms with Gasteiger partial charge in [-0.25, -0.2) is 0 Å². The molecule has 3 nitrogen and oxygen atoms in total. The van der Waals surface area contributed by atoms with Gasteiger partial charge in [-0.05, 0) is 42.8 Å². The number of thioether (sulfide) groups is 1. The molecule has 0 aliphatic carbocycles. The molecule has 0 saturated carbocycles. The number of hydrogen-bond donors (Lipinski definition) is 0. The molecular formula is C17H20O3S. The maximum atomic E-state index is 5.70. The summed E-state index contributed by atoms with van der Waals surface area (Å²) >= 11 is 1.79. The smallest absolute Gasteiger partial charge is 0.132 e. The molecule has 0 fully saturated rings. The van der Waals surface area contributed by atoms with Gasteiger partial charge in [0.05, 0.1) is 20.8 Å². The van der Waals surface area contributed by atoms with E-state index in [4.69, 9.17) is 14.2 Å². The highest BCUT2D eigenvalue weighted by atomic mass is 32.2. The van der Waals surface area contributed by atoms with Crippen LogP contribution in [0.2, 0.25) is 0 Å². The summed E-state index contributed by atoms with van der Waals surface area (Å²) in [6.45, 7) is 0.703. The molecule has 2 aromatic carbocycles. The maximum absolute atomic E-state index is 5.70. The van der Waals surface area contributed by atoms with Crippen LogP contribution in [0.4, 0.5) is 0 Å². The first-order valence-electron chi connectivity index (χ1n) is 6.86. The zero-order valence-electron chi connectivity index (χ0n) is 12.4. The zero-order chi connectivity index (χ0) is 14.9. The first-order chi connectivity index (χ1) is 10.3. The second-order valence-electron chi connectivity index (χ2n) is 4.38. The average Bonchev–Trinajstić information content (AvgIpc) is 2.55. The van der Waals surface area contributed by atoms with E-state index in [1.54, 1.807) is 26.0 Å². The molecule has 2 aromatic rings. The van der Waals surface area contributed by atoms with Crippen LogP contribution in [0.15, 0.2) is 53.4 Å². The highest BCUT2D eigenvalue weighted by Crippen LogP contribution is 2.29. The number of benzene rings is 2. The first-order valence-corrected chi connectivity index (χ1v) is 7.84. The van der Waals surface area contributed by atoms with Crippen molar-refractivity contribution in [1.82, 2.24) is 0 Å². The Labute approximate surface area is 130 Å². The van der Waals surface area contributed by atoms with Crippen molar-refractivity contribution in [3.63, 3.8) is 0 Å². The highest BCUT2D eigenvalue weighted by Gasteiger charge is 2.02. The van der Waals surface area contributed by atoms with Gasteiger partial charge in [0.2, 0.25) is 0 Å². The fraction of sp³-hybridized carbons (Fsp3) is 0.294. The lowest BCUT2D eigenvalue weighted by Gasteiger charge is -2.09. The van der Waals surface area contributed by atoms with Crippen LogP contribution in [0.3, 0.4) is 0 Å². The van der Waals surface area contributed by atoms with E-state index in [9.17, 15) is 0 Å². The van der Waals surface area contributed by atoms with Crippen molar-refractivity contribution in [1.29, 1.82) is 0 Å². The third kappa shape index (κ3) is 4.90. The Balaban J connectivity index is 1.70. The molecule has 0 amide bonds. The molecule has 112 valence electrons. The van der Waals surface area contributed by atoms with E-state index < -0.39 is 0 Å². The molecule has 21 heavy (non-hydrogen) atoms. The Hall–Kier alpha value is -1.81. The van der Waals surface area contributed by atoms with E-state index in [2.05, 4.69) is 6.07 Å². The van der Waals surface area contributed by atoms with Gasteiger partial charge in [-0.3, -0.25) is 0 Å². The zero-order valence-corrected chi connectivity index (χ0v) is 13.2. The predicted molar refractivity (Wildman–Crippen MR) is 86.8 cm³/mol. The molecule has 0 atom stereocenters. The van der Waals surface area contributed by atoms with E-state index in [1.807, 2.05) is 42.5 Å². The van der Waals surface area contributed by atoms with Crippen molar-refractivity contribution in [2.75, 3.05) is 26.6 Å². The molecule has 2 rings (SSSR count). The molecule has 0 N–H and O–H groups in total. The van der Waals surface area contributed by atoms with E-state index in [0.29, 0.717) is 6.61 Å². The minimum atomic E-state index is 0.703. The molecule has 0 bridgehead atoms. The summed E-state index contributed by atoms with van der Waals surface area (Å²) in [4.78, 5) is 1.17. The van der Waals surface area contributed by atoms with Gasteiger partial charge in [-0.1, -0.05) is 12.1 Å². The van der Waals surface area contributed by atoms with Gasteiger partial charge in [0.25, 0.3) is 0 Å². The Morgan fingerprint density at radius 2 is 1.57 bits per heavy atom. The van der Waals surface area contributed by atoms with Crippen LogP contribution in [-0.4, -0.2) is 26.6 Å². The lowest BCUT2D eigenvalue weighted by atomic mass is 10.3. The molecule has 0 heterocycles. The van der Waals surface area contributed by atoms with Crippen LogP contribution in [0.5, 0.6) is 17.2 Å². The average molecular weight is 304 g/mol. The minimum absolute atomic E-state index is 0.703. The van der Waals surface area contributed by atoms with Crippen molar-refractivity contribution >= 4 is 11.8 Å². The fourth-order valence-corrected chi connectivity index (χ4v) is 2.79. The van der Waals surface area contributed by atoms with Gasteiger partial charge in [0, 0.05) is 10.6 Å². The van der Waals surface area contributed by atoms with Crippen LogP contribution in [0.1, 0.15) is 6.42 Å². The third-order valence-corrected chi connectivity index (χ3v) is 4.08. The van der Waals surface area contributed by atoms with Gasteiger partial charge < -0.3 is 14.2 Å². The van der Waals surface area contributed by atoms with Crippen LogP contribution in [-0.2, 0) is 0 Å². The first kappa shape index (κ1) is 15.6. The van der Waals surface area contributed by atoms with Crippen molar-refractivity contribution < 1.29 is 14.2 Å². The topological polar surface area (TPSA) is 27.7 Å². The second kappa shape index (κ2) is 8.47. The SMILES string of the molecule is COc1ccc(OCCCSc2ccccc2OC)cc1. The number of hydrogen-bond acceptors (Lipinski definition) is 4. The van der Waals surface area contributed by atoms with E-state index in [-0.39, 0.29) is 0 Å². The molecule has 4 heteroatoms. The van der Waals surface area contributed by atoms with Crippen molar-refractivity contribution in [2.45, 2.75) is 11.3 Å². The van der Waals surface area contributed by atoms with E-state index in [0.717, 1.165) is 29.4 Å². The van der Waals surface area contributed by atoms with Crippen molar-refractivity contribution in [2.24, 2.45) is 0 Å². The molecular weight excluding hydrogens is 284 g/mol. The van der Waals surface area contributed by atoms with Crippen molar-refractivity contribution in [3.8, 4) is 17.2 Å². The lowest BCUT2D eigenvalue weighted by molar-refractivity contribution is 0.318. The Bertz CT molecular complexity index is 540. The number of rotatable bonds is 8. The van der Waals surface area contributed by atoms with Gasteiger partial charge in [-0.15, -0.1) is 11.8 Å². The van der Waals surface area contributed by atoms with E-state index >= 15 is 0 Å². The summed E-state index contributed by atoms with van der Waals surface area (Å²) in [5.74, 6) is 3.64. The molecule has 0 aliphatic rings. The highest BCUT2D eigenvalue weighted by molar-refractivity contribution is 7.99. The largest absolute Gasteiger partial charge is 0.497 e. The molecule has 0 spiro atoms. The summed E-state index contributed by atoms with van der Waals surface area (Å²) in [7, 11) is 3.36. The minimum Gasteiger partial charge on any atom is -0.497 e. The quantitative estimate of drug-likeness (QED) is 0.538. The predicted octanol–water partition coefficient (Wildman–Crippen LogP) is 4.27. The normalized spacial score (nSPS) is 10.2. The van der Waals surface area contributed by atoms with Crippen molar-refractivity contribution in [3.05, 3.63) is 48.5 Å².